The molecular weight excluding hydrogens is 280 g/mol. The molecule has 5 nitrogen and oxygen atoms in total. The van der Waals surface area contributed by atoms with Crippen LogP contribution in [-0.4, -0.2) is 61.4 Å². The van der Waals surface area contributed by atoms with E-state index in [0.29, 0.717) is 6.54 Å². The molecule has 0 aromatic carbocycles. The van der Waals surface area contributed by atoms with Crippen LogP contribution >= 0.6 is 0 Å². The van der Waals surface area contributed by atoms with Gasteiger partial charge in [-0.1, -0.05) is 6.92 Å². The molecule has 1 saturated heterocycles. The number of hydrogen-bond donors (Lipinski definition) is 1. The highest BCUT2D eigenvalue weighted by atomic mass is 16.5. The van der Waals surface area contributed by atoms with E-state index in [0.717, 1.165) is 52.2 Å². The highest BCUT2D eigenvalue weighted by Gasteiger charge is 2.29. The second-order valence-electron chi connectivity index (χ2n) is 7.05. The van der Waals surface area contributed by atoms with Crippen molar-refractivity contribution in [2.45, 2.75) is 65.0 Å². The smallest absolute Gasteiger partial charge is 0.216 e. The number of nitrogens with one attached hydrogen (secondary N) is 1. The fourth-order valence-electron chi connectivity index (χ4n) is 2.73. The van der Waals surface area contributed by atoms with Crippen molar-refractivity contribution in [3.8, 4) is 0 Å². The Balaban J connectivity index is 2.36. The molecule has 1 unspecified atom stereocenters. The summed E-state index contributed by atoms with van der Waals surface area (Å²) in [5.74, 6) is 0.0203. The zero-order valence-corrected chi connectivity index (χ0v) is 15.0. The van der Waals surface area contributed by atoms with Crippen LogP contribution in [0, 0.1) is 0 Å². The average Bonchev–Trinajstić information content (AvgIpc) is 2.47. The highest BCUT2D eigenvalue weighted by Crippen LogP contribution is 2.24. The van der Waals surface area contributed by atoms with Crippen LogP contribution in [0.25, 0.3) is 0 Å². The van der Waals surface area contributed by atoms with Gasteiger partial charge < -0.3 is 14.8 Å². The number of nitrogens with zero attached hydrogens (tertiary/aromatic N) is 1. The van der Waals surface area contributed by atoms with Crippen molar-refractivity contribution >= 4 is 5.91 Å². The van der Waals surface area contributed by atoms with E-state index in [1.54, 1.807) is 6.92 Å². The minimum atomic E-state index is -0.163. The van der Waals surface area contributed by atoms with Crippen molar-refractivity contribution in [1.29, 1.82) is 0 Å². The van der Waals surface area contributed by atoms with E-state index < -0.39 is 0 Å². The van der Waals surface area contributed by atoms with Gasteiger partial charge in [0.15, 0.2) is 0 Å². The minimum absolute atomic E-state index is 0.0203. The van der Waals surface area contributed by atoms with Crippen molar-refractivity contribution in [3.63, 3.8) is 0 Å². The van der Waals surface area contributed by atoms with Gasteiger partial charge in [0.05, 0.1) is 18.8 Å². The van der Waals surface area contributed by atoms with Crippen LogP contribution in [0.1, 0.15) is 53.9 Å². The quantitative estimate of drug-likeness (QED) is 0.709. The maximum atomic E-state index is 11.0. The first-order chi connectivity index (χ1) is 10.3. The summed E-state index contributed by atoms with van der Waals surface area (Å²) in [6, 6.07) is 0. The lowest BCUT2D eigenvalue weighted by Gasteiger charge is -2.41. The Hall–Kier alpha value is -0.650. The summed E-state index contributed by atoms with van der Waals surface area (Å²) in [4.78, 5) is 13.5. The lowest BCUT2D eigenvalue weighted by molar-refractivity contribution is -0.119. The molecule has 1 heterocycles. The van der Waals surface area contributed by atoms with E-state index in [4.69, 9.17) is 9.47 Å². The van der Waals surface area contributed by atoms with Gasteiger partial charge in [-0.05, 0) is 40.0 Å². The fourth-order valence-corrected chi connectivity index (χ4v) is 2.73. The fraction of sp³-hybridized carbons (Fsp3) is 0.941. The summed E-state index contributed by atoms with van der Waals surface area (Å²) in [7, 11) is 0. The SMILES string of the molecule is CCC(C)(CCNC(C)=O)OCCC(C)(C)N1CCOCC1. The molecule has 0 bridgehead atoms. The Kier molecular flexibility index (Phi) is 7.80. The van der Waals surface area contributed by atoms with E-state index in [1.165, 1.54) is 0 Å². The van der Waals surface area contributed by atoms with Crippen molar-refractivity contribution < 1.29 is 14.3 Å². The van der Waals surface area contributed by atoms with Crippen LogP contribution in [0.4, 0.5) is 0 Å². The molecule has 0 spiro atoms. The maximum absolute atomic E-state index is 11.0. The number of hydrogen-bond acceptors (Lipinski definition) is 4. The molecule has 0 aromatic heterocycles. The standard InChI is InChI=1S/C17H34N2O3/c1-6-17(5,7-9-18-15(2)20)22-12-8-16(3,4)19-10-13-21-14-11-19/h6-14H2,1-5H3,(H,18,20). The summed E-state index contributed by atoms with van der Waals surface area (Å²) in [6.07, 6.45) is 2.80. The van der Waals surface area contributed by atoms with Gasteiger partial charge in [0.1, 0.15) is 0 Å². The zero-order chi connectivity index (χ0) is 16.6. The second kappa shape index (κ2) is 8.85. The monoisotopic (exact) mass is 314 g/mol. The molecule has 1 aliphatic heterocycles. The van der Waals surface area contributed by atoms with Crippen LogP contribution in [-0.2, 0) is 14.3 Å². The Morgan fingerprint density at radius 2 is 1.86 bits per heavy atom. The van der Waals surface area contributed by atoms with E-state index >= 15 is 0 Å². The summed E-state index contributed by atoms with van der Waals surface area (Å²) in [5, 5.41) is 2.85. The van der Waals surface area contributed by atoms with E-state index in [9.17, 15) is 4.79 Å². The third-order valence-electron chi connectivity index (χ3n) is 4.81. The van der Waals surface area contributed by atoms with Gasteiger partial charge in [-0.25, -0.2) is 0 Å². The van der Waals surface area contributed by atoms with Gasteiger partial charge in [-0.3, -0.25) is 9.69 Å². The third-order valence-corrected chi connectivity index (χ3v) is 4.81. The lowest BCUT2D eigenvalue weighted by Crippen LogP contribution is -2.50. The predicted octanol–water partition coefficient (Wildman–Crippen LogP) is 2.20. The molecule has 1 fully saturated rings. The van der Waals surface area contributed by atoms with Gasteiger partial charge in [0.25, 0.3) is 0 Å². The van der Waals surface area contributed by atoms with Gasteiger partial charge in [-0.2, -0.15) is 0 Å². The van der Waals surface area contributed by atoms with Gasteiger partial charge in [0, 0.05) is 38.7 Å². The van der Waals surface area contributed by atoms with Gasteiger partial charge >= 0.3 is 0 Å². The first-order valence-electron chi connectivity index (χ1n) is 8.50. The number of morpholine rings is 1. The van der Waals surface area contributed by atoms with Crippen LogP contribution in [0.5, 0.6) is 0 Å². The van der Waals surface area contributed by atoms with Gasteiger partial charge in [-0.15, -0.1) is 0 Å². The molecular formula is C17H34N2O3. The molecule has 5 heteroatoms. The van der Waals surface area contributed by atoms with Gasteiger partial charge in [0.2, 0.25) is 5.91 Å². The Bertz CT molecular complexity index is 341. The predicted molar refractivity (Wildman–Crippen MR) is 89.0 cm³/mol. The normalized spacial score (nSPS) is 19.7. The molecule has 1 N–H and O–H groups in total. The summed E-state index contributed by atoms with van der Waals surface area (Å²) in [5.41, 5.74) is -0.0282. The molecule has 1 rings (SSSR count). The Morgan fingerprint density at radius 1 is 1.23 bits per heavy atom. The Morgan fingerprint density at radius 3 is 2.41 bits per heavy atom. The van der Waals surface area contributed by atoms with E-state index in [1.807, 2.05) is 0 Å². The van der Waals surface area contributed by atoms with Crippen LogP contribution < -0.4 is 5.32 Å². The van der Waals surface area contributed by atoms with Crippen molar-refractivity contribution in [2.75, 3.05) is 39.5 Å². The minimum Gasteiger partial charge on any atom is -0.379 e. The molecule has 0 radical (unpaired) electrons. The molecule has 130 valence electrons. The zero-order valence-electron chi connectivity index (χ0n) is 15.0. The largest absolute Gasteiger partial charge is 0.379 e. The van der Waals surface area contributed by atoms with Crippen LogP contribution in [0.3, 0.4) is 0 Å². The number of amides is 1. The van der Waals surface area contributed by atoms with E-state index in [-0.39, 0.29) is 17.0 Å². The molecule has 1 amide bonds. The molecule has 1 atom stereocenters. The lowest BCUT2D eigenvalue weighted by atomic mass is 9.96. The number of carbonyl (C=O) groups is 1. The molecule has 0 aromatic rings. The average molecular weight is 314 g/mol. The van der Waals surface area contributed by atoms with Crippen molar-refractivity contribution in [3.05, 3.63) is 0 Å². The highest BCUT2D eigenvalue weighted by molar-refractivity contribution is 5.72. The number of rotatable bonds is 9. The maximum Gasteiger partial charge on any atom is 0.216 e. The molecule has 22 heavy (non-hydrogen) atoms. The summed E-state index contributed by atoms with van der Waals surface area (Å²) >= 11 is 0. The summed E-state index contributed by atoms with van der Waals surface area (Å²) < 4.78 is 11.6. The topological polar surface area (TPSA) is 50.8 Å². The number of carbonyl (C=O) groups excluding carboxylic acids is 1. The van der Waals surface area contributed by atoms with E-state index in [2.05, 4.69) is 37.9 Å². The summed E-state index contributed by atoms with van der Waals surface area (Å²) in [6.45, 7) is 15.5. The van der Waals surface area contributed by atoms with Crippen molar-refractivity contribution in [2.24, 2.45) is 0 Å². The first-order valence-corrected chi connectivity index (χ1v) is 8.50. The van der Waals surface area contributed by atoms with Crippen LogP contribution in [0.2, 0.25) is 0 Å². The third kappa shape index (κ3) is 6.63. The molecule has 0 aliphatic carbocycles. The second-order valence-corrected chi connectivity index (χ2v) is 7.05. The number of ether oxygens (including phenoxy) is 2. The van der Waals surface area contributed by atoms with Crippen LogP contribution in [0.15, 0.2) is 0 Å². The van der Waals surface area contributed by atoms with Crippen molar-refractivity contribution in [1.82, 2.24) is 10.2 Å². The first kappa shape index (κ1) is 19.4. The molecule has 1 aliphatic rings. The molecule has 0 saturated carbocycles. The Labute approximate surface area is 135 Å².